The van der Waals surface area contributed by atoms with E-state index in [9.17, 15) is 0 Å². The third-order valence-corrected chi connectivity index (χ3v) is 13.5. The molecule has 0 saturated carbocycles. The van der Waals surface area contributed by atoms with Crippen LogP contribution in [0.3, 0.4) is 0 Å². The van der Waals surface area contributed by atoms with Gasteiger partial charge in [0.1, 0.15) is 0 Å². The summed E-state index contributed by atoms with van der Waals surface area (Å²) in [7, 11) is 0. The number of aryl methyl sites for hydroxylation is 4. The first-order chi connectivity index (χ1) is 30.9. The molecule has 0 amide bonds. The second kappa shape index (κ2) is 14.2. The number of benzene rings is 10. The van der Waals surface area contributed by atoms with Crippen molar-refractivity contribution in [3.8, 4) is 22.3 Å². The Labute approximate surface area is 370 Å². The minimum atomic E-state index is -0.528. The van der Waals surface area contributed by atoms with Crippen LogP contribution in [0.15, 0.2) is 206 Å². The Morgan fingerprint density at radius 1 is 0.286 bits per heavy atom. The lowest BCUT2D eigenvalue weighted by atomic mass is 9.68. The summed E-state index contributed by atoms with van der Waals surface area (Å²) in [4.78, 5) is 4.80. The molecule has 0 atom stereocenters. The second-order valence-corrected chi connectivity index (χ2v) is 17.7. The lowest BCUT2D eigenvalue weighted by Gasteiger charge is -2.33. The van der Waals surface area contributed by atoms with E-state index >= 15 is 0 Å². The topological polar surface area (TPSA) is 6.48 Å². The van der Waals surface area contributed by atoms with E-state index in [2.05, 4.69) is 244 Å². The Bertz CT molecular complexity index is 3180. The van der Waals surface area contributed by atoms with E-state index in [4.69, 9.17) is 0 Å². The molecule has 63 heavy (non-hydrogen) atoms. The van der Waals surface area contributed by atoms with Crippen LogP contribution in [-0.2, 0) is 5.41 Å². The van der Waals surface area contributed by atoms with Crippen LogP contribution in [0.2, 0.25) is 0 Å². The zero-order valence-corrected chi connectivity index (χ0v) is 36.0. The standard InChI is InChI=1S/C61H46N2/c1-39-31-40(2)34-49(33-39)62(45-15-7-5-8-16-45)47-25-29-51-43(37-47)23-27-55-56-28-24-44-38-48(63(46-17-9-6-10-18-46)50-35-41(3)32-42(4)36-50)26-30-52(44)60(56)61(59(51)55)57-21-13-11-19-53(57)54-20-12-14-22-58(54)61/h5-38H,1-4H3. The summed E-state index contributed by atoms with van der Waals surface area (Å²) in [6.07, 6.45) is 0. The number of hydrogen-bond donors (Lipinski definition) is 0. The molecule has 300 valence electrons. The molecular weight excluding hydrogens is 761 g/mol. The highest BCUT2D eigenvalue weighted by molar-refractivity contribution is 6.10. The summed E-state index contributed by atoms with van der Waals surface area (Å²) in [6, 6.07) is 77.3. The lowest BCUT2D eigenvalue weighted by molar-refractivity contribution is 0.809. The van der Waals surface area contributed by atoms with Crippen molar-refractivity contribution < 1.29 is 0 Å². The highest BCUT2D eigenvalue weighted by Gasteiger charge is 2.53. The van der Waals surface area contributed by atoms with Crippen molar-refractivity contribution in [1.82, 2.24) is 0 Å². The van der Waals surface area contributed by atoms with Crippen molar-refractivity contribution >= 4 is 55.7 Å². The Morgan fingerprint density at radius 2 is 0.667 bits per heavy atom. The summed E-state index contributed by atoms with van der Waals surface area (Å²) in [5, 5.41) is 5.01. The van der Waals surface area contributed by atoms with Gasteiger partial charge in [-0.3, -0.25) is 0 Å². The molecule has 10 aromatic carbocycles. The fraction of sp³-hybridized carbons (Fsp3) is 0.0820. The van der Waals surface area contributed by atoms with Crippen LogP contribution in [0.4, 0.5) is 34.1 Å². The van der Waals surface area contributed by atoms with Crippen molar-refractivity contribution in [3.63, 3.8) is 0 Å². The molecule has 0 aliphatic heterocycles. The molecule has 10 aromatic rings. The first-order valence-corrected chi connectivity index (χ1v) is 22.1. The fourth-order valence-corrected chi connectivity index (χ4v) is 11.3. The van der Waals surface area contributed by atoms with Gasteiger partial charge in [0.2, 0.25) is 0 Å². The zero-order valence-electron chi connectivity index (χ0n) is 36.0. The molecule has 0 heterocycles. The molecular formula is C61H46N2. The monoisotopic (exact) mass is 806 g/mol. The molecule has 0 saturated heterocycles. The van der Waals surface area contributed by atoms with Crippen molar-refractivity contribution in [2.45, 2.75) is 33.1 Å². The summed E-state index contributed by atoms with van der Waals surface area (Å²) in [6.45, 7) is 8.75. The Balaban J connectivity index is 1.11. The van der Waals surface area contributed by atoms with Gasteiger partial charge in [0.15, 0.2) is 0 Å². The Morgan fingerprint density at radius 3 is 1.08 bits per heavy atom. The summed E-state index contributed by atoms with van der Waals surface area (Å²) in [5.41, 5.74) is 22.0. The van der Waals surface area contributed by atoms with E-state index in [1.54, 1.807) is 0 Å². The number of anilines is 6. The van der Waals surface area contributed by atoms with E-state index < -0.39 is 5.41 Å². The van der Waals surface area contributed by atoms with Crippen LogP contribution in [0.5, 0.6) is 0 Å². The summed E-state index contributed by atoms with van der Waals surface area (Å²) >= 11 is 0. The fourth-order valence-electron chi connectivity index (χ4n) is 11.3. The predicted molar refractivity (Wildman–Crippen MR) is 266 cm³/mol. The highest BCUT2D eigenvalue weighted by Crippen LogP contribution is 2.65. The zero-order chi connectivity index (χ0) is 42.4. The first kappa shape index (κ1) is 37.1. The van der Waals surface area contributed by atoms with Crippen LogP contribution in [-0.4, -0.2) is 0 Å². The van der Waals surface area contributed by atoms with Crippen molar-refractivity contribution in [1.29, 1.82) is 0 Å². The van der Waals surface area contributed by atoms with Gasteiger partial charge in [-0.2, -0.15) is 0 Å². The molecule has 0 N–H and O–H groups in total. The highest BCUT2D eigenvalue weighted by atomic mass is 15.1. The molecule has 0 fully saturated rings. The van der Waals surface area contributed by atoms with Gasteiger partial charge in [0, 0.05) is 34.1 Å². The van der Waals surface area contributed by atoms with E-state index in [1.165, 1.54) is 88.3 Å². The van der Waals surface area contributed by atoms with E-state index in [0.29, 0.717) is 0 Å². The number of fused-ring (bicyclic) bond motifs is 14. The lowest BCUT2D eigenvalue weighted by Crippen LogP contribution is -2.26. The molecule has 0 unspecified atom stereocenters. The SMILES string of the molecule is Cc1cc(C)cc(N(c2ccccc2)c2ccc3c4c(ccc3c2)-c2ccc3cc(N(c5ccccc5)c5cc(C)cc(C)c5)ccc3c2C42c3ccccc3-c3ccccc32)c1. The van der Waals surface area contributed by atoms with Crippen LogP contribution in [0.25, 0.3) is 43.8 Å². The van der Waals surface area contributed by atoms with Crippen LogP contribution in [0, 0.1) is 27.7 Å². The molecule has 0 aromatic heterocycles. The molecule has 0 bridgehead atoms. The Kier molecular flexibility index (Phi) is 8.36. The third-order valence-electron chi connectivity index (χ3n) is 13.5. The summed E-state index contributed by atoms with van der Waals surface area (Å²) < 4.78 is 0. The molecule has 1 spiro atoms. The average molecular weight is 807 g/mol. The number of hydrogen-bond acceptors (Lipinski definition) is 2. The molecule has 0 radical (unpaired) electrons. The van der Waals surface area contributed by atoms with Gasteiger partial charge in [0.05, 0.1) is 5.41 Å². The predicted octanol–water partition coefficient (Wildman–Crippen LogP) is 16.5. The molecule has 12 rings (SSSR count). The van der Waals surface area contributed by atoms with Gasteiger partial charge in [-0.05, 0) is 189 Å². The maximum Gasteiger partial charge on any atom is 0.0737 e. The molecule has 2 aliphatic rings. The van der Waals surface area contributed by atoms with Crippen LogP contribution >= 0.6 is 0 Å². The van der Waals surface area contributed by atoms with Crippen molar-refractivity contribution in [2.24, 2.45) is 0 Å². The molecule has 2 heteroatoms. The van der Waals surface area contributed by atoms with E-state index in [0.717, 1.165) is 34.1 Å². The molecule has 2 nitrogen and oxygen atoms in total. The van der Waals surface area contributed by atoms with Gasteiger partial charge in [0.25, 0.3) is 0 Å². The van der Waals surface area contributed by atoms with E-state index in [-0.39, 0.29) is 0 Å². The second-order valence-electron chi connectivity index (χ2n) is 17.7. The average Bonchev–Trinajstić information content (AvgIpc) is 3.77. The number of nitrogens with zero attached hydrogens (tertiary/aromatic N) is 2. The first-order valence-electron chi connectivity index (χ1n) is 22.1. The maximum absolute atomic E-state index is 2.40. The smallest absolute Gasteiger partial charge is 0.0737 e. The third kappa shape index (κ3) is 5.64. The maximum atomic E-state index is 2.40. The van der Waals surface area contributed by atoms with Gasteiger partial charge >= 0.3 is 0 Å². The summed E-state index contributed by atoms with van der Waals surface area (Å²) in [5.74, 6) is 0. The number of rotatable bonds is 6. The Hall–Kier alpha value is -7.68. The number of para-hydroxylation sites is 2. The van der Waals surface area contributed by atoms with Gasteiger partial charge < -0.3 is 9.80 Å². The van der Waals surface area contributed by atoms with Crippen LogP contribution < -0.4 is 9.80 Å². The largest absolute Gasteiger partial charge is 0.310 e. The van der Waals surface area contributed by atoms with Gasteiger partial charge in [-0.15, -0.1) is 0 Å². The minimum Gasteiger partial charge on any atom is -0.310 e. The minimum absolute atomic E-state index is 0.528. The quantitative estimate of drug-likeness (QED) is 0.165. The van der Waals surface area contributed by atoms with Crippen molar-refractivity contribution in [3.05, 3.63) is 251 Å². The van der Waals surface area contributed by atoms with Gasteiger partial charge in [-0.25, -0.2) is 0 Å². The normalized spacial score (nSPS) is 12.9. The van der Waals surface area contributed by atoms with Crippen LogP contribution in [0.1, 0.15) is 44.5 Å². The van der Waals surface area contributed by atoms with E-state index in [1.807, 2.05) is 0 Å². The van der Waals surface area contributed by atoms with Crippen molar-refractivity contribution in [2.75, 3.05) is 9.80 Å². The molecule has 2 aliphatic carbocycles. The van der Waals surface area contributed by atoms with Gasteiger partial charge in [-0.1, -0.05) is 133 Å².